The molecule has 1 fully saturated rings. The predicted molar refractivity (Wildman–Crippen MR) is 120 cm³/mol. The van der Waals surface area contributed by atoms with Crippen LogP contribution in [0.25, 0.3) is 11.3 Å². The van der Waals surface area contributed by atoms with Crippen LogP contribution >= 0.6 is 11.6 Å². The molecule has 0 amide bonds. The first-order valence-electron chi connectivity index (χ1n) is 11.0. The van der Waals surface area contributed by atoms with Crippen molar-refractivity contribution in [1.82, 2.24) is 15.0 Å². The summed E-state index contributed by atoms with van der Waals surface area (Å²) in [6, 6.07) is 3.52. The van der Waals surface area contributed by atoms with E-state index in [1.165, 1.54) is 12.1 Å². The van der Waals surface area contributed by atoms with Crippen LogP contribution < -0.4 is 0 Å². The van der Waals surface area contributed by atoms with Gasteiger partial charge < -0.3 is 29.9 Å². The highest BCUT2D eigenvalue weighted by molar-refractivity contribution is 6.30. The summed E-state index contributed by atoms with van der Waals surface area (Å²) in [5.74, 6) is -7.00. The molecule has 2 aromatic carbocycles. The van der Waals surface area contributed by atoms with Gasteiger partial charge in [-0.25, -0.2) is 27.0 Å². The highest BCUT2D eigenvalue weighted by Gasteiger charge is 2.50. The second kappa shape index (κ2) is 11.3. The largest absolute Gasteiger partial charge is 0.479 e. The van der Waals surface area contributed by atoms with Gasteiger partial charge in [-0.3, -0.25) is 0 Å². The third kappa shape index (κ3) is 5.50. The van der Waals surface area contributed by atoms with E-state index in [0.717, 1.165) is 16.9 Å². The third-order valence-electron chi connectivity index (χ3n) is 5.98. The number of nitrogens with zero attached hydrogens (tertiary/aromatic N) is 3. The maximum absolute atomic E-state index is 13.7. The number of carboxylic acids is 1. The molecule has 1 aliphatic heterocycles. The molecule has 0 aliphatic carbocycles. The van der Waals surface area contributed by atoms with Crippen LogP contribution in [-0.2, 0) is 20.9 Å². The zero-order chi connectivity index (χ0) is 27.7. The first-order valence-corrected chi connectivity index (χ1v) is 11.4. The zero-order valence-electron chi connectivity index (χ0n) is 19.1. The lowest BCUT2D eigenvalue weighted by Crippen LogP contribution is -2.60. The number of hydrogen-bond donors (Lipinski definition) is 4. The van der Waals surface area contributed by atoms with Crippen molar-refractivity contribution in [3.05, 3.63) is 70.4 Å². The van der Waals surface area contributed by atoms with Crippen LogP contribution in [0, 0.1) is 23.3 Å². The van der Waals surface area contributed by atoms with Crippen LogP contribution in [0.4, 0.5) is 17.6 Å². The summed E-state index contributed by atoms with van der Waals surface area (Å²) in [4.78, 5) is 12.0. The summed E-state index contributed by atoms with van der Waals surface area (Å²) >= 11 is 5.64. The van der Waals surface area contributed by atoms with Gasteiger partial charge in [-0.15, -0.1) is 5.10 Å². The van der Waals surface area contributed by atoms with Crippen molar-refractivity contribution in [3.8, 4) is 11.3 Å². The van der Waals surface area contributed by atoms with Crippen molar-refractivity contribution in [2.24, 2.45) is 0 Å². The number of ether oxygens (including phenoxy) is 2. The zero-order valence-corrected chi connectivity index (χ0v) is 19.8. The Morgan fingerprint density at radius 3 is 2.39 bits per heavy atom. The van der Waals surface area contributed by atoms with Crippen molar-refractivity contribution in [1.29, 1.82) is 0 Å². The second-order valence-corrected chi connectivity index (χ2v) is 8.86. The first kappa shape index (κ1) is 27.9. The Hall–Kier alpha value is -3.14. The van der Waals surface area contributed by atoms with Crippen molar-refractivity contribution in [2.75, 3.05) is 6.61 Å². The number of aliphatic carboxylic acids is 1. The van der Waals surface area contributed by atoms with E-state index in [-0.39, 0.29) is 21.8 Å². The molecular formula is C23H20ClF4N3O7. The van der Waals surface area contributed by atoms with Crippen molar-refractivity contribution in [2.45, 2.75) is 43.2 Å². The Labute approximate surface area is 216 Å². The second-order valence-electron chi connectivity index (χ2n) is 8.45. The molecule has 38 heavy (non-hydrogen) atoms. The lowest BCUT2D eigenvalue weighted by atomic mass is 9.90. The van der Waals surface area contributed by atoms with E-state index in [0.29, 0.717) is 12.1 Å². The number of aliphatic hydroxyl groups is 3. The molecule has 10 nitrogen and oxygen atoms in total. The fourth-order valence-electron chi connectivity index (χ4n) is 4.07. The first-order chi connectivity index (χ1) is 18.0. The Balaban J connectivity index is 1.62. The number of aromatic nitrogens is 3. The van der Waals surface area contributed by atoms with E-state index in [1.807, 2.05) is 0 Å². The summed E-state index contributed by atoms with van der Waals surface area (Å²) in [6.45, 7) is -1.23. The summed E-state index contributed by atoms with van der Waals surface area (Å²) in [6.07, 6.45) is -7.36. The number of benzene rings is 2. The molecule has 0 spiro atoms. The molecule has 2 unspecified atom stereocenters. The van der Waals surface area contributed by atoms with Crippen molar-refractivity contribution < 1.29 is 52.3 Å². The Bertz CT molecular complexity index is 1310. The van der Waals surface area contributed by atoms with Crippen molar-refractivity contribution in [3.63, 3.8) is 0 Å². The van der Waals surface area contributed by atoms with E-state index in [9.17, 15) is 42.8 Å². The Kier molecular flexibility index (Phi) is 8.30. The number of hydrogen-bond acceptors (Lipinski definition) is 8. The summed E-state index contributed by atoms with van der Waals surface area (Å²) < 4.78 is 66.2. The Morgan fingerprint density at radius 1 is 1.11 bits per heavy atom. The minimum atomic E-state index is -1.86. The minimum absolute atomic E-state index is 0.157. The van der Waals surface area contributed by atoms with Gasteiger partial charge in [-0.1, -0.05) is 22.9 Å². The molecule has 204 valence electrons. The number of rotatable bonds is 8. The fourth-order valence-corrected chi connectivity index (χ4v) is 4.19. The van der Waals surface area contributed by atoms with Crippen LogP contribution in [0.5, 0.6) is 0 Å². The molecule has 15 heteroatoms. The van der Waals surface area contributed by atoms with Gasteiger partial charge in [-0.05, 0) is 29.8 Å². The molecule has 2 heterocycles. The van der Waals surface area contributed by atoms with Crippen LogP contribution in [0.1, 0.15) is 11.6 Å². The molecular weight excluding hydrogens is 542 g/mol. The summed E-state index contributed by atoms with van der Waals surface area (Å²) in [7, 11) is 0. The third-order valence-corrected chi connectivity index (χ3v) is 6.29. The van der Waals surface area contributed by atoms with Gasteiger partial charge in [-0.2, -0.15) is 0 Å². The van der Waals surface area contributed by atoms with Crippen molar-refractivity contribution >= 4 is 17.6 Å². The lowest BCUT2D eigenvalue weighted by Gasteiger charge is -2.43. The number of aliphatic hydroxyl groups excluding tert-OH is 3. The summed E-state index contributed by atoms with van der Waals surface area (Å²) in [5.41, 5.74) is -0.152. The SMILES string of the molecule is O=C(O)[C@@H](OCc1ccc(Cl)c(F)c1)[C@@H]1OC(CO)[C@H](O)[C@H](n2cc(-c3cc(F)c(F)c(F)c3)nn2)C1O. The van der Waals surface area contributed by atoms with Crippen LogP contribution in [0.15, 0.2) is 36.5 Å². The van der Waals surface area contributed by atoms with E-state index in [4.69, 9.17) is 21.1 Å². The topological polar surface area (TPSA) is 147 Å². The van der Waals surface area contributed by atoms with Gasteiger partial charge in [0, 0.05) is 5.56 Å². The number of carboxylic acid groups (broad SMARTS) is 1. The molecule has 1 aromatic heterocycles. The predicted octanol–water partition coefficient (Wildman–Crippen LogP) is 1.85. The van der Waals surface area contributed by atoms with E-state index >= 15 is 0 Å². The van der Waals surface area contributed by atoms with Gasteiger partial charge in [0.2, 0.25) is 0 Å². The molecule has 4 rings (SSSR count). The average molecular weight is 562 g/mol. The van der Waals surface area contributed by atoms with Gasteiger partial charge in [0.15, 0.2) is 23.6 Å². The van der Waals surface area contributed by atoms with Gasteiger partial charge >= 0.3 is 5.97 Å². The standard InChI is InChI=1S/C23H20ClF4N3O7/c24-11-2-1-9(3-12(11)25)8-37-22(23(35)36)21-20(34)18(19(33)16(7-32)38-21)31-6-15(29-30-31)10-4-13(26)17(28)14(27)5-10/h1-6,16,18-22,32-34H,7-8H2,(H,35,36)/t16?,18-,19-,20?,21+,22-/m0/s1. The molecule has 1 aliphatic rings. The molecule has 4 N–H and O–H groups in total. The van der Waals surface area contributed by atoms with Gasteiger partial charge in [0.25, 0.3) is 0 Å². The van der Waals surface area contributed by atoms with Crippen LogP contribution in [0.3, 0.4) is 0 Å². The Morgan fingerprint density at radius 2 is 1.79 bits per heavy atom. The van der Waals surface area contributed by atoms with E-state index < -0.39 is 79.0 Å². The summed E-state index contributed by atoms with van der Waals surface area (Å²) in [5, 5.41) is 48.5. The number of halogens is 5. The highest BCUT2D eigenvalue weighted by Crippen LogP contribution is 2.33. The van der Waals surface area contributed by atoms with Crippen LogP contribution in [-0.4, -0.2) is 78.5 Å². The fraction of sp³-hybridized carbons (Fsp3) is 0.348. The normalized spacial score (nSPS) is 24.4. The van der Waals surface area contributed by atoms with Crippen LogP contribution in [0.2, 0.25) is 5.02 Å². The smallest absolute Gasteiger partial charge is 0.335 e. The van der Waals surface area contributed by atoms with Gasteiger partial charge in [0.1, 0.15) is 42.0 Å². The number of carbonyl (C=O) groups is 1. The molecule has 0 bridgehead atoms. The minimum Gasteiger partial charge on any atom is -0.479 e. The molecule has 1 saturated heterocycles. The molecule has 3 aromatic rings. The van der Waals surface area contributed by atoms with Gasteiger partial charge in [0.05, 0.1) is 24.4 Å². The monoisotopic (exact) mass is 561 g/mol. The molecule has 6 atom stereocenters. The lowest BCUT2D eigenvalue weighted by molar-refractivity contribution is -0.238. The quantitative estimate of drug-likeness (QED) is 0.239. The van der Waals surface area contributed by atoms with E-state index in [2.05, 4.69) is 10.3 Å². The average Bonchev–Trinajstić information content (AvgIpc) is 3.35. The molecule has 0 saturated carbocycles. The highest BCUT2D eigenvalue weighted by atomic mass is 35.5. The molecule has 0 radical (unpaired) electrons. The van der Waals surface area contributed by atoms with E-state index in [1.54, 1.807) is 0 Å². The maximum atomic E-state index is 13.7. The maximum Gasteiger partial charge on any atom is 0.335 e.